The number of aromatic nitrogens is 2. The van der Waals surface area contributed by atoms with Crippen molar-refractivity contribution in [2.75, 3.05) is 26.0 Å². The normalized spacial score (nSPS) is 11.0. The van der Waals surface area contributed by atoms with E-state index in [-0.39, 0.29) is 11.9 Å². The number of anilines is 1. The van der Waals surface area contributed by atoms with Crippen molar-refractivity contribution in [3.63, 3.8) is 0 Å². The minimum Gasteiger partial charge on any atom is -0.462 e. The van der Waals surface area contributed by atoms with Crippen LogP contribution < -0.4 is 5.32 Å². The first-order chi connectivity index (χ1) is 13.5. The van der Waals surface area contributed by atoms with Gasteiger partial charge in [0.05, 0.1) is 17.9 Å². The lowest BCUT2D eigenvalue weighted by atomic mass is 10.2. The molecule has 28 heavy (non-hydrogen) atoms. The minimum absolute atomic E-state index is 0.290. The molecule has 0 fully saturated rings. The van der Waals surface area contributed by atoms with Gasteiger partial charge in [0.25, 0.3) is 5.91 Å². The Labute approximate surface area is 163 Å². The highest BCUT2D eigenvalue weighted by atomic mass is 16.5. The van der Waals surface area contributed by atoms with E-state index in [9.17, 15) is 9.59 Å². The third kappa shape index (κ3) is 4.37. The number of hydrogen-bond donors (Lipinski definition) is 1. The largest absolute Gasteiger partial charge is 0.462 e. The molecule has 2 heterocycles. The Balaban J connectivity index is 1.80. The van der Waals surface area contributed by atoms with Crippen LogP contribution in [0.25, 0.3) is 5.65 Å². The second-order valence-corrected chi connectivity index (χ2v) is 6.74. The Morgan fingerprint density at radius 3 is 2.57 bits per heavy atom. The molecule has 0 radical (unpaired) electrons. The molecular formula is C21H24N4O3. The minimum atomic E-state index is -0.367. The number of imidazole rings is 1. The van der Waals surface area contributed by atoms with E-state index in [4.69, 9.17) is 4.74 Å². The summed E-state index contributed by atoms with van der Waals surface area (Å²) in [5.41, 5.74) is 2.96. The molecule has 0 atom stereocenters. The van der Waals surface area contributed by atoms with Gasteiger partial charge in [0.15, 0.2) is 5.69 Å². The van der Waals surface area contributed by atoms with Crippen LogP contribution >= 0.6 is 0 Å². The van der Waals surface area contributed by atoms with Gasteiger partial charge in [-0.15, -0.1) is 0 Å². The number of nitrogens with zero attached hydrogens (tertiary/aromatic N) is 3. The zero-order chi connectivity index (χ0) is 20.1. The molecule has 0 unspecified atom stereocenters. The lowest BCUT2D eigenvalue weighted by Crippen LogP contribution is -2.19. The molecule has 146 valence electrons. The summed E-state index contributed by atoms with van der Waals surface area (Å²) >= 11 is 0. The zero-order valence-corrected chi connectivity index (χ0v) is 16.3. The zero-order valence-electron chi connectivity index (χ0n) is 16.3. The van der Waals surface area contributed by atoms with Gasteiger partial charge in [-0.25, -0.2) is 9.78 Å². The summed E-state index contributed by atoms with van der Waals surface area (Å²) in [4.78, 5) is 31.2. The van der Waals surface area contributed by atoms with Gasteiger partial charge in [-0.05, 0) is 56.9 Å². The molecule has 0 aliphatic carbocycles. The maximum absolute atomic E-state index is 12.8. The van der Waals surface area contributed by atoms with E-state index in [0.29, 0.717) is 30.1 Å². The van der Waals surface area contributed by atoms with Gasteiger partial charge in [0, 0.05) is 18.4 Å². The predicted molar refractivity (Wildman–Crippen MR) is 108 cm³/mol. The molecule has 7 heteroatoms. The molecule has 3 aromatic rings. The average molecular weight is 380 g/mol. The summed E-state index contributed by atoms with van der Waals surface area (Å²) < 4.78 is 7.03. The van der Waals surface area contributed by atoms with E-state index in [2.05, 4.69) is 10.3 Å². The van der Waals surface area contributed by atoms with Gasteiger partial charge >= 0.3 is 5.97 Å². The number of esters is 1. The Morgan fingerprint density at radius 1 is 1.14 bits per heavy atom. The van der Waals surface area contributed by atoms with E-state index >= 15 is 0 Å². The van der Waals surface area contributed by atoms with E-state index in [1.54, 1.807) is 24.3 Å². The van der Waals surface area contributed by atoms with Gasteiger partial charge < -0.3 is 19.4 Å². The number of nitrogens with one attached hydrogen (secondary N) is 1. The van der Waals surface area contributed by atoms with Crippen LogP contribution in [0.5, 0.6) is 0 Å². The smallest absolute Gasteiger partial charge is 0.338 e. The first-order valence-corrected chi connectivity index (χ1v) is 9.19. The number of carbonyl (C=O) groups is 2. The molecule has 3 rings (SSSR count). The molecule has 0 aliphatic rings. The van der Waals surface area contributed by atoms with Crippen molar-refractivity contribution < 1.29 is 14.3 Å². The summed E-state index contributed by atoms with van der Waals surface area (Å²) in [6, 6.07) is 12.3. The quantitative estimate of drug-likeness (QED) is 0.637. The van der Waals surface area contributed by atoms with Crippen LogP contribution in [0.2, 0.25) is 0 Å². The monoisotopic (exact) mass is 380 g/mol. The first kappa shape index (κ1) is 19.6. The molecule has 7 nitrogen and oxygen atoms in total. The van der Waals surface area contributed by atoms with Crippen LogP contribution in [0.3, 0.4) is 0 Å². The van der Waals surface area contributed by atoms with Crippen LogP contribution in [0.1, 0.15) is 39.9 Å². The van der Waals surface area contributed by atoms with Crippen LogP contribution in [-0.2, 0) is 11.3 Å². The van der Waals surface area contributed by atoms with Crippen molar-refractivity contribution in [2.45, 2.75) is 19.9 Å². The van der Waals surface area contributed by atoms with Crippen molar-refractivity contribution >= 4 is 23.2 Å². The third-order valence-electron chi connectivity index (χ3n) is 4.13. The summed E-state index contributed by atoms with van der Waals surface area (Å²) in [6.45, 7) is 2.91. The fraction of sp³-hybridized carbons (Fsp3) is 0.286. The number of ether oxygens (including phenoxy) is 1. The first-order valence-electron chi connectivity index (χ1n) is 9.19. The lowest BCUT2D eigenvalue weighted by Gasteiger charge is -2.11. The van der Waals surface area contributed by atoms with Crippen molar-refractivity contribution in [3.05, 3.63) is 65.6 Å². The molecule has 1 aromatic carbocycles. The van der Waals surface area contributed by atoms with Crippen LogP contribution in [-0.4, -0.2) is 46.9 Å². The van der Waals surface area contributed by atoms with E-state index in [0.717, 1.165) is 17.8 Å². The lowest BCUT2D eigenvalue weighted by molar-refractivity contribution is 0.0505. The fourth-order valence-electron chi connectivity index (χ4n) is 2.84. The highest BCUT2D eigenvalue weighted by Gasteiger charge is 2.19. The standard InChI is InChI=1S/C21H24N4O3/c1-4-13-28-21(27)15-8-10-16(11-9-15)22-20(26)19-17(14-24(2)3)25-12-6-5-7-18(25)23-19/h5-12H,4,13-14H2,1-3H3,(H,22,26). The van der Waals surface area contributed by atoms with Crippen LogP contribution in [0.15, 0.2) is 48.7 Å². The fourth-order valence-corrected chi connectivity index (χ4v) is 2.84. The van der Waals surface area contributed by atoms with Crippen molar-refractivity contribution in [1.29, 1.82) is 0 Å². The summed E-state index contributed by atoms with van der Waals surface area (Å²) in [6.07, 6.45) is 2.67. The molecule has 0 saturated carbocycles. The molecular weight excluding hydrogens is 356 g/mol. The number of hydrogen-bond acceptors (Lipinski definition) is 5. The maximum atomic E-state index is 12.8. The average Bonchev–Trinajstić information content (AvgIpc) is 3.05. The maximum Gasteiger partial charge on any atom is 0.338 e. The molecule has 2 aromatic heterocycles. The van der Waals surface area contributed by atoms with Gasteiger partial charge in [-0.1, -0.05) is 13.0 Å². The molecule has 0 spiro atoms. The predicted octanol–water partition coefficient (Wildman–Crippen LogP) is 3.22. The highest BCUT2D eigenvalue weighted by Crippen LogP contribution is 2.17. The molecule has 0 aliphatic heterocycles. The second kappa shape index (κ2) is 8.67. The Morgan fingerprint density at radius 2 is 1.89 bits per heavy atom. The summed E-state index contributed by atoms with van der Waals surface area (Å²) in [5, 5.41) is 2.86. The molecule has 0 bridgehead atoms. The van der Waals surface area contributed by atoms with Crippen molar-refractivity contribution in [2.24, 2.45) is 0 Å². The highest BCUT2D eigenvalue weighted by molar-refractivity contribution is 6.04. The van der Waals surface area contributed by atoms with E-state index in [1.807, 2.05) is 54.7 Å². The van der Waals surface area contributed by atoms with Gasteiger partial charge in [-0.3, -0.25) is 4.79 Å². The van der Waals surface area contributed by atoms with E-state index < -0.39 is 0 Å². The summed E-state index contributed by atoms with van der Waals surface area (Å²) in [7, 11) is 3.89. The number of carbonyl (C=O) groups excluding carboxylic acids is 2. The summed E-state index contributed by atoms with van der Waals surface area (Å²) in [5.74, 6) is -0.657. The Kier molecular flexibility index (Phi) is 6.06. The van der Waals surface area contributed by atoms with Crippen LogP contribution in [0, 0.1) is 0 Å². The number of fused-ring (bicyclic) bond motifs is 1. The molecule has 1 N–H and O–H groups in total. The van der Waals surface area contributed by atoms with Gasteiger partial charge in [-0.2, -0.15) is 0 Å². The molecule has 1 amide bonds. The number of benzene rings is 1. The number of amides is 1. The van der Waals surface area contributed by atoms with Crippen LogP contribution in [0.4, 0.5) is 5.69 Å². The number of pyridine rings is 1. The second-order valence-electron chi connectivity index (χ2n) is 6.74. The van der Waals surface area contributed by atoms with Gasteiger partial charge in [0.2, 0.25) is 0 Å². The Hall–Kier alpha value is -3.19. The van der Waals surface area contributed by atoms with Gasteiger partial charge in [0.1, 0.15) is 5.65 Å². The third-order valence-corrected chi connectivity index (χ3v) is 4.13. The van der Waals surface area contributed by atoms with Crippen molar-refractivity contribution in [1.82, 2.24) is 14.3 Å². The van der Waals surface area contributed by atoms with E-state index in [1.165, 1.54) is 0 Å². The Bertz CT molecular complexity index is 977. The number of rotatable bonds is 7. The SMILES string of the molecule is CCCOC(=O)c1ccc(NC(=O)c2nc3ccccn3c2CN(C)C)cc1. The van der Waals surface area contributed by atoms with Crippen molar-refractivity contribution in [3.8, 4) is 0 Å². The topological polar surface area (TPSA) is 75.9 Å². The molecule has 0 saturated heterocycles.